The van der Waals surface area contributed by atoms with E-state index in [-0.39, 0.29) is 6.10 Å². The summed E-state index contributed by atoms with van der Waals surface area (Å²) >= 11 is 0. The summed E-state index contributed by atoms with van der Waals surface area (Å²) in [5.74, 6) is 0. The van der Waals surface area contributed by atoms with Crippen molar-refractivity contribution in [2.24, 2.45) is 0 Å². The lowest BCUT2D eigenvalue weighted by molar-refractivity contribution is -0.0686. The van der Waals surface area contributed by atoms with Gasteiger partial charge in [0.1, 0.15) is 0 Å². The van der Waals surface area contributed by atoms with E-state index in [1.54, 1.807) is 0 Å². The molecule has 2 saturated heterocycles. The lowest BCUT2D eigenvalue weighted by atomic mass is 9.98. The van der Waals surface area contributed by atoms with Crippen LogP contribution in [0.3, 0.4) is 0 Å². The van der Waals surface area contributed by atoms with Crippen molar-refractivity contribution in [3.8, 4) is 0 Å². The molecule has 28 heavy (non-hydrogen) atoms. The van der Waals surface area contributed by atoms with Crippen LogP contribution in [-0.2, 0) is 11.2 Å². The van der Waals surface area contributed by atoms with Gasteiger partial charge in [-0.15, -0.1) is 0 Å². The number of nitrogens with zero attached hydrogens (tertiary/aromatic N) is 1. The van der Waals surface area contributed by atoms with Gasteiger partial charge in [0.25, 0.3) is 0 Å². The maximum absolute atomic E-state index is 6.19. The van der Waals surface area contributed by atoms with Crippen molar-refractivity contribution in [1.82, 2.24) is 4.90 Å². The molecule has 2 heteroatoms. The summed E-state index contributed by atoms with van der Waals surface area (Å²) in [6.07, 6.45) is 5.27. The van der Waals surface area contributed by atoms with E-state index in [0.29, 0.717) is 12.1 Å². The van der Waals surface area contributed by atoms with E-state index in [1.165, 1.54) is 42.4 Å². The van der Waals surface area contributed by atoms with Crippen molar-refractivity contribution in [2.75, 3.05) is 13.2 Å². The summed E-state index contributed by atoms with van der Waals surface area (Å²) in [6.45, 7) is 12.1. The normalized spacial score (nSPS) is 23.7. The lowest BCUT2D eigenvalue weighted by Gasteiger charge is -2.39. The molecule has 154 valence electrons. The van der Waals surface area contributed by atoms with E-state index in [0.717, 1.165) is 13.2 Å². The number of hydrogen-bond donors (Lipinski definition) is 0. The van der Waals surface area contributed by atoms with Crippen LogP contribution >= 0.6 is 0 Å². The first-order valence-electron chi connectivity index (χ1n) is 11.3. The quantitative estimate of drug-likeness (QED) is 0.593. The molecule has 0 unspecified atom stereocenters. The zero-order chi connectivity index (χ0) is 20.4. The molecule has 2 heterocycles. The minimum absolute atomic E-state index is 0.251. The number of aryl methyl sites for hydroxylation is 2. The standard InChI is InChI=1S/C22H27NO.2C2H6/c1-17-7-10-19(11-8-17)22-21-14-13-20(23(21)15-16-24-22)12-9-18-5-3-2-4-6-18;2*1-2/h2-8,10-11,20-22H,9,12-16H2,1H3;2*1-2H3/t20-,21+,22-;;/m1../s1. The van der Waals surface area contributed by atoms with Crippen LogP contribution in [0.4, 0.5) is 0 Å². The molecule has 0 amide bonds. The second kappa shape index (κ2) is 12.0. The molecule has 0 N–H and O–H groups in total. The van der Waals surface area contributed by atoms with Crippen LogP contribution < -0.4 is 0 Å². The molecule has 0 spiro atoms. The van der Waals surface area contributed by atoms with Crippen LogP contribution in [0, 0.1) is 6.92 Å². The molecule has 2 aliphatic rings. The van der Waals surface area contributed by atoms with E-state index in [9.17, 15) is 0 Å². The van der Waals surface area contributed by atoms with E-state index in [1.807, 2.05) is 27.7 Å². The monoisotopic (exact) mass is 381 g/mol. The van der Waals surface area contributed by atoms with Gasteiger partial charge in [0.2, 0.25) is 0 Å². The molecular weight excluding hydrogens is 342 g/mol. The van der Waals surface area contributed by atoms with Gasteiger partial charge in [-0.1, -0.05) is 87.9 Å². The highest BCUT2D eigenvalue weighted by Gasteiger charge is 2.41. The van der Waals surface area contributed by atoms with Crippen LogP contribution in [0.25, 0.3) is 0 Å². The predicted molar refractivity (Wildman–Crippen MR) is 121 cm³/mol. The largest absolute Gasteiger partial charge is 0.371 e. The van der Waals surface area contributed by atoms with Gasteiger partial charge in [-0.3, -0.25) is 4.90 Å². The van der Waals surface area contributed by atoms with E-state index in [4.69, 9.17) is 4.74 Å². The molecule has 2 aliphatic heterocycles. The topological polar surface area (TPSA) is 12.5 Å². The highest BCUT2D eigenvalue weighted by molar-refractivity contribution is 5.25. The first kappa shape index (κ1) is 22.6. The summed E-state index contributed by atoms with van der Waals surface area (Å²) in [7, 11) is 0. The third kappa shape index (κ3) is 5.68. The molecule has 2 fully saturated rings. The molecule has 0 saturated carbocycles. The molecule has 3 atom stereocenters. The molecule has 2 nitrogen and oxygen atoms in total. The van der Waals surface area contributed by atoms with Gasteiger partial charge in [-0.2, -0.15) is 0 Å². The third-order valence-electron chi connectivity index (χ3n) is 5.70. The predicted octanol–water partition coefficient (Wildman–Crippen LogP) is 6.58. The van der Waals surface area contributed by atoms with Gasteiger partial charge in [-0.25, -0.2) is 0 Å². The Morgan fingerprint density at radius 2 is 1.57 bits per heavy atom. The van der Waals surface area contributed by atoms with Gasteiger partial charge >= 0.3 is 0 Å². The first-order chi connectivity index (χ1) is 13.8. The molecule has 4 rings (SSSR count). The summed E-state index contributed by atoms with van der Waals surface area (Å²) < 4.78 is 6.19. The molecule has 0 radical (unpaired) electrons. The highest BCUT2D eigenvalue weighted by Crippen LogP contribution is 2.39. The van der Waals surface area contributed by atoms with E-state index < -0.39 is 0 Å². The van der Waals surface area contributed by atoms with Crippen molar-refractivity contribution in [3.63, 3.8) is 0 Å². The fourth-order valence-corrected chi connectivity index (χ4v) is 4.40. The van der Waals surface area contributed by atoms with Crippen molar-refractivity contribution in [1.29, 1.82) is 0 Å². The zero-order valence-electron chi connectivity index (χ0n) is 18.5. The number of ether oxygens (including phenoxy) is 1. The Hall–Kier alpha value is -1.64. The van der Waals surface area contributed by atoms with E-state index >= 15 is 0 Å². The Labute approximate surface area is 172 Å². The summed E-state index contributed by atoms with van der Waals surface area (Å²) in [4.78, 5) is 2.73. The zero-order valence-corrected chi connectivity index (χ0v) is 18.5. The average molecular weight is 382 g/mol. The van der Waals surface area contributed by atoms with Gasteiger partial charge in [0.05, 0.1) is 12.7 Å². The van der Waals surface area contributed by atoms with Crippen molar-refractivity contribution in [2.45, 2.75) is 78.5 Å². The van der Waals surface area contributed by atoms with Crippen LogP contribution in [-0.4, -0.2) is 30.1 Å². The van der Waals surface area contributed by atoms with Crippen LogP contribution in [0.5, 0.6) is 0 Å². The molecule has 0 bridgehead atoms. The van der Waals surface area contributed by atoms with Crippen molar-refractivity contribution in [3.05, 3.63) is 71.3 Å². The minimum Gasteiger partial charge on any atom is -0.371 e. The number of hydrogen-bond acceptors (Lipinski definition) is 2. The fraction of sp³-hybridized carbons (Fsp3) is 0.538. The minimum atomic E-state index is 0.251. The van der Waals surface area contributed by atoms with Gasteiger partial charge < -0.3 is 4.74 Å². The Morgan fingerprint density at radius 3 is 2.25 bits per heavy atom. The molecule has 2 aromatic rings. The Balaban J connectivity index is 0.000000660. The number of benzene rings is 2. The first-order valence-corrected chi connectivity index (χ1v) is 11.3. The number of rotatable bonds is 4. The van der Waals surface area contributed by atoms with Gasteiger partial charge in [-0.05, 0) is 43.7 Å². The van der Waals surface area contributed by atoms with Crippen molar-refractivity contribution < 1.29 is 4.74 Å². The smallest absolute Gasteiger partial charge is 0.0980 e. The molecule has 0 aliphatic carbocycles. The average Bonchev–Trinajstić information content (AvgIpc) is 3.20. The summed E-state index contributed by atoms with van der Waals surface area (Å²) in [5, 5.41) is 0. The maximum atomic E-state index is 6.19. The highest BCUT2D eigenvalue weighted by atomic mass is 16.5. The van der Waals surface area contributed by atoms with Crippen LogP contribution in [0.1, 0.15) is 69.8 Å². The van der Waals surface area contributed by atoms with E-state index in [2.05, 4.69) is 66.4 Å². The summed E-state index contributed by atoms with van der Waals surface area (Å²) in [6, 6.07) is 21.1. The number of morpholine rings is 1. The Morgan fingerprint density at radius 1 is 0.893 bits per heavy atom. The second-order valence-electron chi connectivity index (χ2n) is 7.26. The Bertz CT molecular complexity index is 652. The van der Waals surface area contributed by atoms with Gasteiger partial charge in [0.15, 0.2) is 0 Å². The van der Waals surface area contributed by atoms with Crippen molar-refractivity contribution >= 4 is 0 Å². The van der Waals surface area contributed by atoms with Gasteiger partial charge in [0, 0.05) is 18.6 Å². The van der Waals surface area contributed by atoms with Crippen LogP contribution in [0.2, 0.25) is 0 Å². The fourth-order valence-electron chi connectivity index (χ4n) is 4.40. The molecule has 0 aromatic heterocycles. The third-order valence-corrected chi connectivity index (χ3v) is 5.70. The van der Waals surface area contributed by atoms with Crippen LogP contribution in [0.15, 0.2) is 54.6 Å². The molecular formula is C26H39NO. The SMILES string of the molecule is CC.CC.Cc1ccc([C@H]2OCCN3[C@H](CCc4ccccc4)CC[C@@H]23)cc1. The summed E-state index contributed by atoms with van der Waals surface area (Å²) in [5.41, 5.74) is 4.13. The number of fused-ring (bicyclic) bond motifs is 1. The lowest BCUT2D eigenvalue weighted by Crippen LogP contribution is -2.46. The second-order valence-corrected chi connectivity index (χ2v) is 7.26. The molecule has 2 aromatic carbocycles. The maximum Gasteiger partial charge on any atom is 0.0980 e. The Kier molecular flexibility index (Phi) is 9.73.